The molecule has 68 valence electrons. The van der Waals surface area contributed by atoms with Crippen LogP contribution in [0.4, 0.5) is 0 Å². The van der Waals surface area contributed by atoms with Crippen molar-refractivity contribution >= 4 is 44.4 Å². The Hall–Kier alpha value is 1.73. The van der Waals surface area contributed by atoms with Crippen molar-refractivity contribution in [3.05, 3.63) is 32.2 Å². The first-order valence-electron chi connectivity index (χ1n) is 2.94. The van der Waals surface area contributed by atoms with Crippen molar-refractivity contribution in [2.45, 2.75) is 0 Å². The van der Waals surface area contributed by atoms with E-state index in [1.165, 1.54) is 12.1 Å². The van der Waals surface area contributed by atoms with E-state index in [4.69, 9.17) is 0 Å². The van der Waals surface area contributed by atoms with E-state index in [0.717, 1.165) is 0 Å². The van der Waals surface area contributed by atoms with E-state index in [1.54, 1.807) is 12.6 Å². The first-order chi connectivity index (χ1) is 5.69. The molecule has 0 saturated carbocycles. The SMILES string of the molecule is O=[C-]c1cc(Br)c([C-]=O)cc1Br.[Y].[Y]. The van der Waals surface area contributed by atoms with Crippen molar-refractivity contribution in [3.8, 4) is 0 Å². The largest absolute Gasteiger partial charge is 0.376 e. The van der Waals surface area contributed by atoms with Gasteiger partial charge in [0.25, 0.3) is 0 Å². The summed E-state index contributed by atoms with van der Waals surface area (Å²) < 4.78 is 1.08. The third-order valence-electron chi connectivity index (χ3n) is 1.28. The molecule has 0 aromatic heterocycles. The van der Waals surface area contributed by atoms with Gasteiger partial charge in [-0.25, -0.2) is 12.1 Å². The zero-order valence-electron chi connectivity index (χ0n) is 6.88. The van der Waals surface area contributed by atoms with Gasteiger partial charge in [-0.2, -0.15) is 11.1 Å². The third-order valence-corrected chi connectivity index (χ3v) is 2.59. The van der Waals surface area contributed by atoms with E-state index in [2.05, 4.69) is 31.9 Å². The van der Waals surface area contributed by atoms with Crippen LogP contribution in [0.2, 0.25) is 0 Å². The molecule has 14 heavy (non-hydrogen) atoms. The molecule has 0 unspecified atom stereocenters. The molecular weight excluding hydrogens is 466 g/mol. The smallest absolute Gasteiger partial charge is 0.0617 e. The zero-order valence-corrected chi connectivity index (χ0v) is 15.7. The molecule has 0 bridgehead atoms. The molecule has 2 nitrogen and oxygen atoms in total. The van der Waals surface area contributed by atoms with Gasteiger partial charge in [0.1, 0.15) is 0 Å². The van der Waals surface area contributed by atoms with Gasteiger partial charge in [0, 0.05) is 65.4 Å². The van der Waals surface area contributed by atoms with Gasteiger partial charge in [0.2, 0.25) is 0 Å². The second kappa shape index (κ2) is 8.83. The Morgan fingerprint density at radius 2 is 1.14 bits per heavy atom. The Balaban J connectivity index is 0. The monoisotopic (exact) mass is 466 g/mol. The first kappa shape index (κ1) is 18.1. The molecule has 0 atom stereocenters. The van der Waals surface area contributed by atoms with Gasteiger partial charge in [-0.1, -0.05) is 0 Å². The summed E-state index contributed by atoms with van der Waals surface area (Å²) in [7, 11) is 0. The minimum atomic E-state index is 0. The number of hydrogen-bond acceptors (Lipinski definition) is 2. The molecule has 0 aliphatic heterocycles. The molecule has 0 aliphatic rings. The Kier molecular flexibility index (Phi) is 11.4. The number of benzene rings is 1. The van der Waals surface area contributed by atoms with Crippen LogP contribution in [-0.4, -0.2) is 12.6 Å². The summed E-state index contributed by atoms with van der Waals surface area (Å²) >= 11 is 6.24. The molecule has 0 N–H and O–H groups in total. The van der Waals surface area contributed by atoms with Crippen LogP contribution in [0.1, 0.15) is 11.1 Å². The molecule has 0 amide bonds. The molecule has 0 spiro atoms. The molecular formula is C8H2Br2O2Y2-2. The van der Waals surface area contributed by atoms with Crippen LogP contribution in [0.15, 0.2) is 21.1 Å². The second-order valence-electron chi connectivity index (χ2n) is 2.02. The van der Waals surface area contributed by atoms with Crippen LogP contribution in [-0.2, 0) is 75.0 Å². The Morgan fingerprint density at radius 3 is 1.36 bits per heavy atom. The molecule has 0 saturated heterocycles. The minimum Gasteiger partial charge on any atom is -0.376 e. The first-order valence-corrected chi connectivity index (χ1v) is 4.53. The van der Waals surface area contributed by atoms with E-state index < -0.39 is 0 Å². The standard InChI is InChI=1S/C8H2Br2O2.2Y/c9-7-1-5(3-11)8(10)2-6(7)4-12;;/h1-2H;;/q-2;;. The number of carbonyl (C=O) groups excluding carboxylic acids is 2. The van der Waals surface area contributed by atoms with Gasteiger partial charge in [-0.3, -0.25) is 0 Å². The maximum atomic E-state index is 10.3. The minimum absolute atomic E-state index is 0. The van der Waals surface area contributed by atoms with Crippen LogP contribution in [0.5, 0.6) is 0 Å². The Morgan fingerprint density at radius 1 is 0.857 bits per heavy atom. The summed E-state index contributed by atoms with van der Waals surface area (Å²) in [6.07, 6.45) is 3.46. The van der Waals surface area contributed by atoms with Gasteiger partial charge in [0.15, 0.2) is 0 Å². The van der Waals surface area contributed by atoms with Crippen LogP contribution in [0.25, 0.3) is 0 Å². The van der Waals surface area contributed by atoms with Crippen LogP contribution in [0, 0.1) is 0 Å². The van der Waals surface area contributed by atoms with E-state index >= 15 is 0 Å². The Labute approximate surface area is 149 Å². The average molecular weight is 468 g/mol. The summed E-state index contributed by atoms with van der Waals surface area (Å²) in [5, 5.41) is 0. The molecule has 0 fully saturated rings. The maximum absolute atomic E-state index is 10.3. The summed E-state index contributed by atoms with van der Waals surface area (Å²) in [4.78, 5) is 20.6. The van der Waals surface area contributed by atoms with Crippen molar-refractivity contribution in [2.24, 2.45) is 0 Å². The number of halogens is 2. The second-order valence-corrected chi connectivity index (χ2v) is 3.72. The van der Waals surface area contributed by atoms with Gasteiger partial charge in [-0.15, -0.1) is 40.8 Å². The van der Waals surface area contributed by atoms with Crippen molar-refractivity contribution in [2.75, 3.05) is 0 Å². The molecule has 1 aromatic carbocycles. The van der Waals surface area contributed by atoms with Crippen molar-refractivity contribution in [3.63, 3.8) is 0 Å². The summed E-state index contributed by atoms with van der Waals surface area (Å²) in [5.74, 6) is 0. The fraction of sp³-hybridized carbons (Fsp3) is 0. The number of rotatable bonds is 2. The maximum Gasteiger partial charge on any atom is 0.0617 e. The molecule has 0 heterocycles. The van der Waals surface area contributed by atoms with E-state index in [0.29, 0.717) is 20.1 Å². The summed E-state index contributed by atoms with van der Waals surface area (Å²) in [6, 6.07) is 3.02. The van der Waals surface area contributed by atoms with E-state index in [9.17, 15) is 9.59 Å². The van der Waals surface area contributed by atoms with Crippen LogP contribution < -0.4 is 0 Å². The zero-order chi connectivity index (χ0) is 9.14. The van der Waals surface area contributed by atoms with Gasteiger partial charge in [-0.05, 0) is 0 Å². The van der Waals surface area contributed by atoms with Gasteiger partial charge in [0.05, 0.1) is 12.6 Å². The fourth-order valence-corrected chi connectivity index (χ4v) is 1.55. The van der Waals surface area contributed by atoms with E-state index in [1.807, 2.05) is 0 Å². The van der Waals surface area contributed by atoms with Crippen molar-refractivity contribution in [1.29, 1.82) is 0 Å². The average Bonchev–Trinajstić information content (AvgIpc) is 2.08. The van der Waals surface area contributed by atoms with E-state index in [-0.39, 0.29) is 65.4 Å². The predicted octanol–water partition coefficient (Wildman–Crippen LogP) is 2.12. The predicted molar refractivity (Wildman–Crippen MR) is 51.4 cm³/mol. The van der Waals surface area contributed by atoms with Gasteiger partial charge < -0.3 is 9.59 Å². The molecule has 1 aromatic rings. The van der Waals surface area contributed by atoms with Crippen molar-refractivity contribution in [1.82, 2.24) is 0 Å². The normalized spacial score (nSPS) is 8.14. The van der Waals surface area contributed by atoms with Crippen molar-refractivity contribution < 1.29 is 75.0 Å². The topological polar surface area (TPSA) is 34.1 Å². The molecule has 0 aliphatic carbocycles. The quantitative estimate of drug-likeness (QED) is 0.625. The fourth-order valence-electron chi connectivity index (χ4n) is 0.703. The van der Waals surface area contributed by atoms with Crippen LogP contribution >= 0.6 is 31.9 Å². The Bertz CT molecular complexity index is 309. The summed E-state index contributed by atoms with van der Waals surface area (Å²) in [6.45, 7) is 0. The molecule has 2 radical (unpaired) electrons. The van der Waals surface area contributed by atoms with Crippen LogP contribution in [0.3, 0.4) is 0 Å². The molecule has 6 heteroatoms. The van der Waals surface area contributed by atoms with Gasteiger partial charge >= 0.3 is 0 Å². The number of hydrogen-bond donors (Lipinski definition) is 0. The summed E-state index contributed by atoms with van der Waals surface area (Å²) in [5.41, 5.74) is 0.752. The third kappa shape index (κ3) is 4.71. The molecule has 1 rings (SSSR count).